The van der Waals surface area contributed by atoms with Crippen LogP contribution in [-0.2, 0) is 11.0 Å². The number of pyridine rings is 1. The first kappa shape index (κ1) is 22.3. The van der Waals surface area contributed by atoms with Crippen LogP contribution in [0.4, 0.5) is 20.2 Å². The van der Waals surface area contributed by atoms with E-state index in [1.165, 1.54) is 6.20 Å². The van der Waals surface area contributed by atoms with Gasteiger partial charge in [0.15, 0.2) is 5.82 Å². The van der Waals surface area contributed by atoms with Gasteiger partial charge in [-0.1, -0.05) is 6.92 Å². The molecule has 3 aromatic rings. The number of nitrogens with zero attached hydrogens (tertiary/aromatic N) is 3. The third-order valence-electron chi connectivity index (χ3n) is 5.56. The Balaban J connectivity index is 1.69. The van der Waals surface area contributed by atoms with Crippen LogP contribution in [0.25, 0.3) is 11.0 Å². The zero-order valence-electron chi connectivity index (χ0n) is 18.0. The van der Waals surface area contributed by atoms with Gasteiger partial charge in [0.25, 0.3) is 0 Å². The molecule has 0 aliphatic carbocycles. The fourth-order valence-corrected chi connectivity index (χ4v) is 4.63. The van der Waals surface area contributed by atoms with Crippen LogP contribution < -0.4 is 9.62 Å². The Hall–Kier alpha value is -2.85. The number of piperazine rings is 1. The standard InChI is InChI=1S/C22H25F2N5O2S/c1-3-10-32(31)27-18-5-4-17(23)19(20(18)24)21(30)16-13-26-22-15(16)11-14(12-25-22)29-8-6-28(2)7-9-29/h4-5,11-13,27H,3,6-10H2,1-2H3,(H,25,26). The summed E-state index contributed by atoms with van der Waals surface area (Å²) in [7, 11) is 0.535. The van der Waals surface area contributed by atoms with E-state index < -0.39 is 34.0 Å². The van der Waals surface area contributed by atoms with Crippen LogP contribution in [-0.4, -0.2) is 63.8 Å². The first-order valence-corrected chi connectivity index (χ1v) is 11.8. The minimum absolute atomic E-state index is 0.133. The van der Waals surface area contributed by atoms with Crippen molar-refractivity contribution in [1.29, 1.82) is 0 Å². The highest BCUT2D eigenvalue weighted by Crippen LogP contribution is 2.29. The topological polar surface area (TPSA) is 81.3 Å². The van der Waals surface area contributed by atoms with Crippen LogP contribution in [0.5, 0.6) is 0 Å². The molecule has 2 aromatic heterocycles. The number of nitrogens with one attached hydrogen (secondary N) is 2. The lowest BCUT2D eigenvalue weighted by atomic mass is 10.0. The molecule has 7 nitrogen and oxygen atoms in total. The molecule has 0 bridgehead atoms. The van der Waals surface area contributed by atoms with Crippen molar-refractivity contribution in [2.75, 3.05) is 48.6 Å². The van der Waals surface area contributed by atoms with Gasteiger partial charge >= 0.3 is 0 Å². The van der Waals surface area contributed by atoms with Crippen LogP contribution in [0.15, 0.2) is 30.6 Å². The summed E-state index contributed by atoms with van der Waals surface area (Å²) in [5, 5.41) is 0.498. The lowest BCUT2D eigenvalue weighted by molar-refractivity contribution is 0.103. The van der Waals surface area contributed by atoms with Crippen molar-refractivity contribution in [2.45, 2.75) is 13.3 Å². The SMILES string of the molecule is CCCS(=O)Nc1ccc(F)c(C(=O)c2c[nH]c3ncc(N4CCN(C)CC4)cc23)c1F. The number of carbonyl (C=O) groups excluding carboxylic acids is 1. The molecule has 1 unspecified atom stereocenters. The van der Waals surface area contributed by atoms with Gasteiger partial charge in [-0.2, -0.15) is 0 Å². The maximum atomic E-state index is 15.1. The number of aromatic nitrogens is 2. The second kappa shape index (κ2) is 9.33. The summed E-state index contributed by atoms with van der Waals surface area (Å²) >= 11 is 0. The number of H-pyrrole nitrogens is 1. The van der Waals surface area contributed by atoms with Crippen LogP contribution in [0.1, 0.15) is 29.3 Å². The summed E-state index contributed by atoms with van der Waals surface area (Å²) in [4.78, 5) is 24.9. The van der Waals surface area contributed by atoms with E-state index in [2.05, 4.69) is 31.5 Å². The summed E-state index contributed by atoms with van der Waals surface area (Å²) in [6.45, 7) is 5.31. The molecule has 0 saturated carbocycles. The smallest absolute Gasteiger partial charge is 0.201 e. The van der Waals surface area contributed by atoms with E-state index in [1.54, 1.807) is 6.20 Å². The van der Waals surface area contributed by atoms with E-state index in [0.717, 1.165) is 44.0 Å². The van der Waals surface area contributed by atoms with E-state index >= 15 is 4.39 Å². The van der Waals surface area contributed by atoms with Crippen molar-refractivity contribution in [3.63, 3.8) is 0 Å². The fourth-order valence-electron chi connectivity index (χ4n) is 3.75. The Bertz CT molecular complexity index is 1170. The maximum Gasteiger partial charge on any atom is 0.201 e. The van der Waals surface area contributed by atoms with Crippen LogP contribution in [0, 0.1) is 11.6 Å². The van der Waals surface area contributed by atoms with Gasteiger partial charge in [0.05, 0.1) is 23.1 Å². The van der Waals surface area contributed by atoms with Crippen molar-refractivity contribution in [1.82, 2.24) is 14.9 Å². The molecule has 0 amide bonds. The quantitative estimate of drug-likeness (QED) is 0.528. The molecule has 1 saturated heterocycles. The van der Waals surface area contributed by atoms with Crippen molar-refractivity contribution >= 4 is 39.2 Å². The average molecular weight is 462 g/mol. The molecular formula is C22H25F2N5O2S. The van der Waals surface area contributed by atoms with Gasteiger partial charge in [0.2, 0.25) is 5.78 Å². The van der Waals surface area contributed by atoms with Crippen molar-refractivity contribution in [3.05, 3.63) is 53.4 Å². The largest absolute Gasteiger partial charge is 0.368 e. The number of hydrogen-bond donors (Lipinski definition) is 2. The zero-order chi connectivity index (χ0) is 22.8. The number of anilines is 2. The number of rotatable bonds is 7. The summed E-state index contributed by atoms with van der Waals surface area (Å²) in [5.41, 5.74) is 0.594. The van der Waals surface area contributed by atoms with Crippen LogP contribution in [0.2, 0.25) is 0 Å². The molecule has 1 aliphatic heterocycles. The molecule has 170 valence electrons. The van der Waals surface area contributed by atoms with Gasteiger partial charge in [0.1, 0.15) is 22.5 Å². The van der Waals surface area contributed by atoms with Gasteiger partial charge in [-0.15, -0.1) is 0 Å². The van der Waals surface area contributed by atoms with Crippen LogP contribution in [0.3, 0.4) is 0 Å². The normalized spacial score (nSPS) is 15.8. The molecule has 1 fully saturated rings. The highest BCUT2D eigenvalue weighted by Gasteiger charge is 2.25. The third kappa shape index (κ3) is 4.37. The second-order valence-corrected chi connectivity index (χ2v) is 9.15. The van der Waals surface area contributed by atoms with E-state index in [9.17, 15) is 13.4 Å². The molecule has 1 aromatic carbocycles. The number of halogens is 2. The Morgan fingerprint density at radius 3 is 2.72 bits per heavy atom. The number of hydrogen-bond acceptors (Lipinski definition) is 5. The predicted octanol–water partition coefficient (Wildman–Crippen LogP) is 3.31. The molecule has 3 heterocycles. The van der Waals surface area contributed by atoms with Crippen molar-refractivity contribution in [3.8, 4) is 0 Å². The molecule has 4 rings (SSSR count). The highest BCUT2D eigenvalue weighted by molar-refractivity contribution is 7.86. The highest BCUT2D eigenvalue weighted by atomic mass is 32.2. The van der Waals surface area contributed by atoms with E-state index in [0.29, 0.717) is 23.2 Å². The van der Waals surface area contributed by atoms with Crippen LogP contribution >= 0.6 is 0 Å². The minimum atomic E-state index is -1.53. The number of carbonyl (C=O) groups is 1. The second-order valence-electron chi connectivity index (χ2n) is 7.85. The Kier molecular flexibility index (Phi) is 6.52. The van der Waals surface area contributed by atoms with E-state index in [-0.39, 0.29) is 11.3 Å². The number of ketones is 1. The fraction of sp³-hybridized carbons (Fsp3) is 0.364. The molecule has 32 heavy (non-hydrogen) atoms. The molecule has 1 aliphatic rings. The molecule has 1 atom stereocenters. The Labute approximate surface area is 187 Å². The average Bonchev–Trinajstić information content (AvgIpc) is 3.20. The first-order chi connectivity index (χ1) is 15.4. The summed E-state index contributed by atoms with van der Waals surface area (Å²) < 4.78 is 44.1. The number of fused-ring (bicyclic) bond motifs is 1. The monoisotopic (exact) mass is 461 g/mol. The number of benzene rings is 1. The van der Waals surface area contributed by atoms with Crippen molar-refractivity contribution < 1.29 is 17.8 Å². The molecule has 0 radical (unpaired) electrons. The lowest BCUT2D eigenvalue weighted by Crippen LogP contribution is -2.44. The zero-order valence-corrected chi connectivity index (χ0v) is 18.8. The molecule has 0 spiro atoms. The third-order valence-corrected chi connectivity index (χ3v) is 6.79. The van der Waals surface area contributed by atoms with Gasteiger partial charge in [-0.3, -0.25) is 4.79 Å². The first-order valence-electron chi connectivity index (χ1n) is 10.5. The summed E-state index contributed by atoms with van der Waals surface area (Å²) in [5.74, 6) is -2.52. The minimum Gasteiger partial charge on any atom is -0.368 e. The van der Waals surface area contributed by atoms with Gasteiger partial charge in [-0.25, -0.2) is 18.0 Å². The molecule has 10 heteroatoms. The molecule has 2 N–H and O–H groups in total. The number of aromatic amines is 1. The van der Waals surface area contributed by atoms with E-state index in [1.807, 2.05) is 13.0 Å². The van der Waals surface area contributed by atoms with Gasteiger partial charge in [-0.05, 0) is 31.7 Å². The lowest BCUT2D eigenvalue weighted by Gasteiger charge is -2.33. The van der Waals surface area contributed by atoms with Crippen molar-refractivity contribution in [2.24, 2.45) is 0 Å². The summed E-state index contributed by atoms with van der Waals surface area (Å²) in [6.07, 6.45) is 3.78. The Morgan fingerprint density at radius 1 is 1.25 bits per heavy atom. The Morgan fingerprint density at radius 2 is 2.00 bits per heavy atom. The summed E-state index contributed by atoms with van der Waals surface area (Å²) in [6, 6.07) is 3.98. The van der Waals surface area contributed by atoms with E-state index in [4.69, 9.17) is 0 Å². The predicted molar refractivity (Wildman–Crippen MR) is 123 cm³/mol. The maximum absolute atomic E-state index is 15.1. The van der Waals surface area contributed by atoms with Gasteiger partial charge in [0, 0.05) is 49.1 Å². The number of likely N-dealkylation sites (N-methyl/N-ethyl adjacent to an activating group) is 1. The molecular weight excluding hydrogens is 436 g/mol. The van der Waals surface area contributed by atoms with Gasteiger partial charge < -0.3 is 19.5 Å².